The molecule has 7 nitrogen and oxygen atoms in total. The van der Waals surface area contributed by atoms with Gasteiger partial charge in [0.25, 0.3) is 5.91 Å². The fourth-order valence-electron chi connectivity index (χ4n) is 4.63. The lowest BCUT2D eigenvalue weighted by Gasteiger charge is -2.30. The van der Waals surface area contributed by atoms with Crippen molar-refractivity contribution in [3.05, 3.63) is 47.5 Å². The highest BCUT2D eigenvalue weighted by molar-refractivity contribution is 7.89. The topological polar surface area (TPSA) is 73.0 Å². The number of carbonyl (C=O) groups excluding carboxylic acids is 1. The molecule has 0 atom stereocenters. The van der Waals surface area contributed by atoms with Gasteiger partial charge in [0.15, 0.2) is 0 Å². The smallest absolute Gasteiger partial charge is 0.257 e. The van der Waals surface area contributed by atoms with Crippen molar-refractivity contribution in [1.29, 1.82) is 0 Å². The van der Waals surface area contributed by atoms with Crippen LogP contribution in [0.3, 0.4) is 0 Å². The van der Waals surface area contributed by atoms with Crippen molar-refractivity contribution >= 4 is 33.0 Å². The van der Waals surface area contributed by atoms with E-state index in [0.717, 1.165) is 56.0 Å². The van der Waals surface area contributed by atoms with Crippen LogP contribution in [0.15, 0.2) is 41.3 Å². The zero-order chi connectivity index (χ0) is 23.6. The number of sulfonamides is 1. The Morgan fingerprint density at radius 1 is 0.879 bits per heavy atom. The number of anilines is 3. The van der Waals surface area contributed by atoms with E-state index in [1.807, 2.05) is 19.1 Å². The van der Waals surface area contributed by atoms with E-state index in [1.165, 1.54) is 49.4 Å². The minimum Gasteiger partial charge on any atom is -0.372 e. The van der Waals surface area contributed by atoms with Gasteiger partial charge >= 0.3 is 0 Å². The van der Waals surface area contributed by atoms with Crippen LogP contribution in [0.25, 0.3) is 0 Å². The Kier molecular flexibility index (Phi) is 6.95. The molecule has 33 heavy (non-hydrogen) atoms. The normalized spacial score (nSPS) is 17.0. The van der Waals surface area contributed by atoms with Crippen LogP contribution in [0, 0.1) is 6.92 Å². The van der Waals surface area contributed by atoms with Gasteiger partial charge in [-0.05, 0) is 81.0 Å². The molecule has 0 spiro atoms. The van der Waals surface area contributed by atoms with Crippen LogP contribution in [0.2, 0.25) is 0 Å². The molecule has 4 rings (SSSR count). The van der Waals surface area contributed by atoms with Crippen molar-refractivity contribution < 1.29 is 13.2 Å². The number of aryl methyl sites for hydroxylation is 1. The summed E-state index contributed by atoms with van der Waals surface area (Å²) in [4.78, 5) is 18.1. The number of piperidine rings is 1. The number of benzene rings is 2. The maximum atomic E-state index is 13.5. The summed E-state index contributed by atoms with van der Waals surface area (Å²) in [7, 11) is -0.649. The molecular weight excluding hydrogens is 436 g/mol. The first-order valence-electron chi connectivity index (χ1n) is 11.8. The molecule has 2 aromatic rings. The van der Waals surface area contributed by atoms with Gasteiger partial charge in [-0.15, -0.1) is 0 Å². The highest BCUT2D eigenvalue weighted by atomic mass is 32.2. The molecule has 1 N–H and O–H groups in total. The lowest BCUT2D eigenvalue weighted by atomic mass is 10.1. The molecule has 0 radical (unpaired) electrons. The first kappa shape index (κ1) is 23.6. The van der Waals surface area contributed by atoms with Gasteiger partial charge in [-0.3, -0.25) is 4.79 Å². The fraction of sp³-hybridized carbons (Fsp3) is 0.480. The van der Waals surface area contributed by atoms with Crippen LogP contribution < -0.4 is 15.1 Å². The predicted molar refractivity (Wildman–Crippen MR) is 134 cm³/mol. The third-order valence-electron chi connectivity index (χ3n) is 6.62. The monoisotopic (exact) mass is 470 g/mol. The summed E-state index contributed by atoms with van der Waals surface area (Å²) >= 11 is 0. The molecule has 0 unspecified atom stereocenters. The molecule has 0 aromatic heterocycles. The molecule has 2 aliphatic heterocycles. The van der Waals surface area contributed by atoms with Gasteiger partial charge in [0.05, 0.1) is 10.5 Å². The van der Waals surface area contributed by atoms with Crippen molar-refractivity contribution in [2.24, 2.45) is 0 Å². The van der Waals surface area contributed by atoms with Crippen LogP contribution in [-0.4, -0.2) is 58.9 Å². The Morgan fingerprint density at radius 3 is 2.15 bits per heavy atom. The maximum absolute atomic E-state index is 13.5. The van der Waals surface area contributed by atoms with E-state index in [2.05, 4.69) is 21.2 Å². The molecule has 0 bridgehead atoms. The second-order valence-corrected chi connectivity index (χ2v) is 11.3. The van der Waals surface area contributed by atoms with E-state index in [9.17, 15) is 13.2 Å². The molecule has 2 fully saturated rings. The van der Waals surface area contributed by atoms with Crippen molar-refractivity contribution in [1.82, 2.24) is 4.31 Å². The number of amides is 1. The second kappa shape index (κ2) is 9.73. The largest absolute Gasteiger partial charge is 0.372 e. The van der Waals surface area contributed by atoms with Crippen LogP contribution in [0.4, 0.5) is 17.1 Å². The van der Waals surface area contributed by atoms with Gasteiger partial charge in [0.2, 0.25) is 10.0 Å². The summed E-state index contributed by atoms with van der Waals surface area (Å²) in [6.45, 7) is 5.86. The molecule has 2 aliphatic rings. The zero-order valence-corrected chi connectivity index (χ0v) is 20.6. The third kappa shape index (κ3) is 5.01. The molecule has 178 valence electrons. The van der Waals surface area contributed by atoms with Crippen LogP contribution in [-0.2, 0) is 10.0 Å². The Morgan fingerprint density at radius 2 is 1.52 bits per heavy atom. The number of carbonyl (C=O) groups is 1. The predicted octanol–water partition coefficient (Wildman–Crippen LogP) is 4.09. The summed E-state index contributed by atoms with van der Waals surface area (Å²) in [5.41, 5.74) is 4.09. The summed E-state index contributed by atoms with van der Waals surface area (Å²) in [6, 6.07) is 11.0. The van der Waals surface area contributed by atoms with Crippen molar-refractivity contribution in [2.75, 3.05) is 55.4 Å². The summed E-state index contributed by atoms with van der Waals surface area (Å²) in [5, 5.41) is 3.04. The van der Waals surface area contributed by atoms with E-state index < -0.39 is 10.0 Å². The molecule has 0 saturated carbocycles. The Hall–Kier alpha value is -2.58. The van der Waals surface area contributed by atoms with Crippen molar-refractivity contribution in [3.63, 3.8) is 0 Å². The van der Waals surface area contributed by atoms with E-state index in [0.29, 0.717) is 5.56 Å². The van der Waals surface area contributed by atoms with E-state index in [-0.39, 0.29) is 10.8 Å². The molecule has 8 heteroatoms. The summed E-state index contributed by atoms with van der Waals surface area (Å²) in [6.07, 6.45) is 5.73. The molecular formula is C25H34N4O3S. The molecule has 2 heterocycles. The molecule has 0 aliphatic carbocycles. The third-order valence-corrected chi connectivity index (χ3v) is 8.43. The molecule has 1 amide bonds. The standard InChI is InChI=1S/C25H34N4O3S/c1-19-17-20(28-13-7-8-14-28)9-11-23(19)26-25(30)22-18-21(33(31,32)27(2)3)10-12-24(22)29-15-5-4-6-16-29/h9-12,17-18H,4-8,13-16H2,1-3H3,(H,26,30). The van der Waals surface area contributed by atoms with Gasteiger partial charge < -0.3 is 15.1 Å². The SMILES string of the molecule is Cc1cc(N2CCCC2)ccc1NC(=O)c1cc(S(=O)(=O)N(C)C)ccc1N1CCCCC1. The Labute approximate surface area is 197 Å². The number of hydrogen-bond acceptors (Lipinski definition) is 5. The number of hydrogen-bond donors (Lipinski definition) is 1. The first-order chi connectivity index (χ1) is 15.8. The molecule has 2 saturated heterocycles. The van der Waals surface area contributed by atoms with E-state index in [4.69, 9.17) is 0 Å². The maximum Gasteiger partial charge on any atom is 0.257 e. The minimum absolute atomic E-state index is 0.125. The fourth-order valence-corrected chi connectivity index (χ4v) is 5.56. The number of nitrogens with zero attached hydrogens (tertiary/aromatic N) is 3. The van der Waals surface area contributed by atoms with Gasteiger partial charge in [0, 0.05) is 57.3 Å². The van der Waals surface area contributed by atoms with Crippen molar-refractivity contribution in [3.8, 4) is 0 Å². The zero-order valence-electron chi connectivity index (χ0n) is 19.8. The van der Waals surface area contributed by atoms with Crippen LogP contribution in [0.1, 0.15) is 48.0 Å². The van der Waals surface area contributed by atoms with Gasteiger partial charge in [-0.1, -0.05) is 0 Å². The van der Waals surface area contributed by atoms with Crippen LogP contribution in [0.5, 0.6) is 0 Å². The summed E-state index contributed by atoms with van der Waals surface area (Å²) < 4.78 is 26.7. The minimum atomic E-state index is -3.65. The van der Waals surface area contributed by atoms with Gasteiger partial charge in [-0.2, -0.15) is 0 Å². The quantitative estimate of drug-likeness (QED) is 0.689. The van der Waals surface area contributed by atoms with Crippen molar-refractivity contribution in [2.45, 2.75) is 43.9 Å². The van der Waals surface area contributed by atoms with E-state index >= 15 is 0 Å². The Bertz CT molecular complexity index is 1120. The number of rotatable bonds is 6. The highest BCUT2D eigenvalue weighted by Gasteiger charge is 2.24. The first-order valence-corrected chi connectivity index (χ1v) is 13.2. The van der Waals surface area contributed by atoms with E-state index in [1.54, 1.807) is 12.1 Å². The lowest BCUT2D eigenvalue weighted by molar-refractivity contribution is 0.102. The average molecular weight is 471 g/mol. The van der Waals surface area contributed by atoms with Gasteiger partial charge in [-0.25, -0.2) is 12.7 Å². The average Bonchev–Trinajstić information content (AvgIpc) is 3.35. The lowest BCUT2D eigenvalue weighted by Crippen LogP contribution is -2.32. The molecule has 2 aromatic carbocycles. The summed E-state index contributed by atoms with van der Waals surface area (Å²) in [5.74, 6) is -0.289. The number of nitrogens with one attached hydrogen (secondary N) is 1. The highest BCUT2D eigenvalue weighted by Crippen LogP contribution is 2.30. The van der Waals surface area contributed by atoms with Crippen LogP contribution >= 0.6 is 0 Å². The second-order valence-electron chi connectivity index (χ2n) is 9.16. The van der Waals surface area contributed by atoms with Gasteiger partial charge in [0.1, 0.15) is 0 Å². The Balaban J connectivity index is 1.66.